The summed E-state index contributed by atoms with van der Waals surface area (Å²) in [4.78, 5) is 13.0. The van der Waals surface area contributed by atoms with Crippen LogP contribution in [0.4, 0.5) is 0 Å². The highest BCUT2D eigenvalue weighted by atomic mass is 16.9. The minimum absolute atomic E-state index is 0.0244. The molecule has 2 aromatic rings. The van der Waals surface area contributed by atoms with Gasteiger partial charge in [0.15, 0.2) is 11.9 Å². The van der Waals surface area contributed by atoms with Gasteiger partial charge in [-0.1, -0.05) is 0 Å². The van der Waals surface area contributed by atoms with E-state index >= 15 is 0 Å². The maximum absolute atomic E-state index is 13.0. The molecule has 1 unspecified atom stereocenters. The van der Waals surface area contributed by atoms with Crippen molar-refractivity contribution in [2.45, 2.75) is 61.2 Å². The van der Waals surface area contributed by atoms with Crippen molar-refractivity contribution in [3.63, 3.8) is 0 Å². The van der Waals surface area contributed by atoms with Gasteiger partial charge in [0.05, 0.1) is 30.8 Å². The third kappa shape index (κ3) is 2.40. The molecular weight excluding hydrogens is 492 g/mol. The zero-order valence-corrected chi connectivity index (χ0v) is 20.4. The van der Waals surface area contributed by atoms with Gasteiger partial charge in [-0.3, -0.25) is 4.79 Å². The van der Waals surface area contributed by atoms with Crippen molar-refractivity contribution in [3.8, 4) is 17.2 Å². The summed E-state index contributed by atoms with van der Waals surface area (Å²) in [6.45, 7) is 1.82. The van der Waals surface area contributed by atoms with Crippen molar-refractivity contribution in [1.82, 2.24) is 0 Å². The van der Waals surface area contributed by atoms with Crippen LogP contribution in [-0.2, 0) is 23.7 Å². The Kier molecular flexibility index (Phi) is 4.52. The number of Topliss-reactive ketones (excluding diaryl/α,β-unsaturated/α-hetero) is 1. The third-order valence-corrected chi connectivity index (χ3v) is 8.41. The summed E-state index contributed by atoms with van der Waals surface area (Å²) in [7, 11) is 4.21. The number of rotatable bonds is 4. The first-order valence-corrected chi connectivity index (χ1v) is 11.9. The molecule has 37 heavy (non-hydrogen) atoms. The fraction of sp³-hybridized carbons (Fsp3) is 0.560. The second-order valence-electron chi connectivity index (χ2n) is 10.1. The predicted octanol–water partition coefficient (Wildman–Crippen LogP) is 0.478. The molecule has 0 saturated carbocycles. The fourth-order valence-corrected chi connectivity index (χ4v) is 6.76. The van der Waals surface area contributed by atoms with Gasteiger partial charge in [-0.25, -0.2) is 0 Å². The minimum atomic E-state index is -2.06. The zero-order chi connectivity index (χ0) is 26.2. The zero-order valence-electron chi connectivity index (χ0n) is 20.4. The standard InChI is InChI=1S/C25H26O12/c1-8-5-9-13(17(29)15-14(18(9)31-2)10(26)6-11(27)16(15)28)19-12(8)20-21-24(30,35-19)23(7-34-23)25(36-20,37-21)22(32-3)33-4/h5,10-11,20-22,26-27,29-30H,6-7H2,1-4H3/t10-,11-,20-,21-,23-,24-,25?/m0/s1. The molecule has 7 atom stereocenters. The molecule has 0 radical (unpaired) electrons. The number of ketones is 1. The van der Waals surface area contributed by atoms with Gasteiger partial charge >= 0.3 is 0 Å². The molecule has 4 heterocycles. The first kappa shape index (κ1) is 23.6. The molecule has 5 aliphatic rings. The van der Waals surface area contributed by atoms with Gasteiger partial charge in [0.1, 0.15) is 29.5 Å². The van der Waals surface area contributed by atoms with E-state index in [2.05, 4.69) is 0 Å². The Bertz CT molecular complexity index is 1380. The number of epoxide rings is 1. The number of hydrogen-bond acceptors (Lipinski definition) is 12. The molecule has 3 saturated heterocycles. The molecule has 0 aromatic heterocycles. The fourth-order valence-electron chi connectivity index (χ4n) is 6.76. The lowest BCUT2D eigenvalue weighted by atomic mass is 9.78. The lowest BCUT2D eigenvalue weighted by Gasteiger charge is -2.47. The van der Waals surface area contributed by atoms with Crippen LogP contribution in [0, 0.1) is 6.92 Å². The van der Waals surface area contributed by atoms with E-state index in [0.29, 0.717) is 16.5 Å². The van der Waals surface area contributed by atoms with Crippen LogP contribution in [0.1, 0.15) is 45.7 Å². The molecule has 1 spiro atoms. The number of hydrogen-bond donors (Lipinski definition) is 4. The molecule has 12 heteroatoms. The number of carbonyl (C=O) groups excluding carboxylic acids is 1. The van der Waals surface area contributed by atoms with Crippen molar-refractivity contribution in [2.24, 2.45) is 0 Å². The molecule has 4 aliphatic heterocycles. The summed E-state index contributed by atoms with van der Waals surface area (Å²) < 4.78 is 41.2. The molecule has 4 N–H and O–H groups in total. The van der Waals surface area contributed by atoms with Gasteiger partial charge in [-0.2, -0.15) is 0 Å². The van der Waals surface area contributed by atoms with Crippen molar-refractivity contribution in [1.29, 1.82) is 0 Å². The Balaban J connectivity index is 1.53. The number of aryl methyl sites for hydroxylation is 1. The largest absolute Gasteiger partial charge is 0.506 e. The normalized spacial score (nSPS) is 38.8. The summed E-state index contributed by atoms with van der Waals surface area (Å²) in [5, 5.41) is 44.8. The smallest absolute Gasteiger partial charge is 0.274 e. The molecule has 2 bridgehead atoms. The van der Waals surface area contributed by atoms with Crippen LogP contribution >= 0.6 is 0 Å². The average molecular weight is 518 g/mol. The first-order valence-electron chi connectivity index (χ1n) is 11.9. The van der Waals surface area contributed by atoms with E-state index in [-0.39, 0.29) is 41.0 Å². The summed E-state index contributed by atoms with van der Waals surface area (Å²) >= 11 is 0. The monoisotopic (exact) mass is 518 g/mol. The highest BCUT2D eigenvalue weighted by Gasteiger charge is 2.92. The van der Waals surface area contributed by atoms with Crippen LogP contribution in [0.2, 0.25) is 0 Å². The summed E-state index contributed by atoms with van der Waals surface area (Å²) in [6.07, 6.45) is -5.92. The Hall–Kier alpha value is -2.55. The van der Waals surface area contributed by atoms with Crippen molar-refractivity contribution in [3.05, 3.63) is 28.3 Å². The summed E-state index contributed by atoms with van der Waals surface area (Å²) in [6, 6.07) is 1.72. The van der Waals surface area contributed by atoms with Gasteiger partial charge in [-0.05, 0) is 18.6 Å². The molecular formula is C25H26O12. The van der Waals surface area contributed by atoms with Gasteiger partial charge in [0.2, 0.25) is 11.9 Å². The molecule has 2 aromatic carbocycles. The van der Waals surface area contributed by atoms with E-state index in [1.807, 2.05) is 0 Å². The second kappa shape index (κ2) is 7.10. The van der Waals surface area contributed by atoms with E-state index in [9.17, 15) is 25.2 Å². The number of aliphatic hydroxyl groups excluding tert-OH is 2. The molecule has 198 valence electrons. The number of ether oxygens (including phenoxy) is 7. The van der Waals surface area contributed by atoms with Gasteiger partial charge in [-0.15, -0.1) is 0 Å². The third-order valence-electron chi connectivity index (χ3n) is 8.41. The van der Waals surface area contributed by atoms with Gasteiger partial charge in [0, 0.05) is 37.2 Å². The van der Waals surface area contributed by atoms with E-state index in [1.165, 1.54) is 21.3 Å². The SMILES string of the molecule is COc1c2c(c(O)c3c4c(c(C)cc13)[C@@H]1OC3(C(OC)OC)O[C@@H]1[C@](O)(O4)[C@@]31CO1)C(=O)[C@@H](O)C[C@@H]2O. The lowest BCUT2D eigenvalue weighted by molar-refractivity contribution is -0.344. The molecule has 1 aliphatic carbocycles. The summed E-state index contributed by atoms with van der Waals surface area (Å²) in [5.74, 6) is -4.74. The van der Waals surface area contributed by atoms with Crippen LogP contribution < -0.4 is 9.47 Å². The van der Waals surface area contributed by atoms with Crippen LogP contribution in [0.5, 0.6) is 17.2 Å². The van der Waals surface area contributed by atoms with Crippen molar-refractivity contribution in [2.75, 3.05) is 27.9 Å². The lowest BCUT2D eigenvalue weighted by Crippen LogP contribution is -2.69. The first-order chi connectivity index (χ1) is 17.6. The minimum Gasteiger partial charge on any atom is -0.506 e. The predicted molar refractivity (Wildman–Crippen MR) is 120 cm³/mol. The molecule has 12 nitrogen and oxygen atoms in total. The number of phenols is 1. The number of carbonyl (C=O) groups is 1. The Morgan fingerprint density at radius 3 is 2.43 bits per heavy atom. The number of fused-ring (bicyclic) bond motifs is 8. The van der Waals surface area contributed by atoms with Crippen LogP contribution in [0.3, 0.4) is 0 Å². The maximum atomic E-state index is 13.0. The average Bonchev–Trinajstić information content (AvgIpc) is 3.54. The van der Waals surface area contributed by atoms with Crippen molar-refractivity contribution >= 4 is 16.6 Å². The second-order valence-corrected chi connectivity index (χ2v) is 10.1. The Morgan fingerprint density at radius 1 is 1.11 bits per heavy atom. The van der Waals surface area contributed by atoms with Crippen LogP contribution in [0.25, 0.3) is 10.8 Å². The van der Waals surface area contributed by atoms with E-state index in [4.69, 9.17) is 33.2 Å². The number of methoxy groups -OCH3 is 3. The van der Waals surface area contributed by atoms with Crippen LogP contribution in [-0.4, -0.2) is 89.8 Å². The number of benzene rings is 2. The van der Waals surface area contributed by atoms with Gasteiger partial charge < -0.3 is 53.6 Å². The Labute approximate surface area is 210 Å². The van der Waals surface area contributed by atoms with E-state index in [1.54, 1.807) is 13.0 Å². The van der Waals surface area contributed by atoms with E-state index < -0.39 is 59.4 Å². The number of aliphatic hydroxyl groups is 3. The number of aromatic hydroxyl groups is 1. The molecule has 7 rings (SSSR count). The van der Waals surface area contributed by atoms with Crippen LogP contribution in [0.15, 0.2) is 6.07 Å². The quantitative estimate of drug-likeness (QED) is 0.327. The van der Waals surface area contributed by atoms with Crippen molar-refractivity contribution < 1.29 is 58.4 Å². The number of phenolic OH excluding ortho intramolecular Hbond substituents is 1. The Morgan fingerprint density at radius 2 is 1.81 bits per heavy atom. The highest BCUT2D eigenvalue weighted by molar-refractivity contribution is 6.13. The molecule has 0 amide bonds. The summed E-state index contributed by atoms with van der Waals surface area (Å²) in [5.41, 5.74) is -0.522. The highest BCUT2D eigenvalue weighted by Crippen LogP contribution is 2.71. The maximum Gasteiger partial charge on any atom is 0.274 e. The van der Waals surface area contributed by atoms with E-state index in [0.717, 1.165) is 0 Å². The molecule has 3 fully saturated rings. The topological polar surface area (TPSA) is 166 Å². The van der Waals surface area contributed by atoms with Gasteiger partial charge in [0.25, 0.3) is 11.6 Å².